The van der Waals surface area contributed by atoms with E-state index in [-0.39, 0.29) is 24.3 Å². The van der Waals surface area contributed by atoms with E-state index in [9.17, 15) is 4.79 Å². The van der Waals surface area contributed by atoms with Gasteiger partial charge in [0, 0.05) is 30.5 Å². The second kappa shape index (κ2) is 8.28. The molecule has 6 nitrogen and oxygen atoms in total. The average Bonchev–Trinajstić information content (AvgIpc) is 2.71. The zero-order chi connectivity index (χ0) is 21.3. The fraction of sp³-hybridized carbons (Fsp3) is 0.391. The Balaban J connectivity index is 1.66. The highest BCUT2D eigenvalue weighted by Gasteiger charge is 2.41. The van der Waals surface area contributed by atoms with E-state index in [1.165, 1.54) is 0 Å². The number of halogens is 1. The van der Waals surface area contributed by atoms with Crippen LogP contribution >= 0.6 is 11.6 Å². The van der Waals surface area contributed by atoms with Crippen LogP contribution in [0.15, 0.2) is 47.5 Å². The number of rotatable bonds is 4. The number of aliphatic imine (C=N–C) groups is 1. The lowest BCUT2D eigenvalue weighted by Crippen LogP contribution is -2.55. The van der Waals surface area contributed by atoms with Crippen molar-refractivity contribution in [2.45, 2.75) is 44.7 Å². The molecule has 7 heteroatoms. The van der Waals surface area contributed by atoms with Crippen molar-refractivity contribution in [3.05, 3.63) is 58.6 Å². The van der Waals surface area contributed by atoms with Gasteiger partial charge >= 0.3 is 0 Å². The number of nitrogens with zero attached hydrogens (tertiary/aromatic N) is 2. The molecule has 2 aromatic carbocycles. The number of hydrogen-bond donors (Lipinski definition) is 2. The lowest BCUT2D eigenvalue weighted by atomic mass is 9.86. The molecule has 4 rings (SSSR count). The number of ether oxygens (including phenoxy) is 1. The van der Waals surface area contributed by atoms with E-state index in [1.807, 2.05) is 56.3 Å². The Morgan fingerprint density at radius 1 is 1.17 bits per heavy atom. The number of guanidine groups is 1. The zero-order valence-corrected chi connectivity index (χ0v) is 18.1. The summed E-state index contributed by atoms with van der Waals surface area (Å²) in [4.78, 5) is 19.5. The number of carbonyl (C=O) groups is 1. The maximum Gasteiger partial charge on any atom is 0.232 e. The number of hydrogen-bond acceptors (Lipinski definition) is 5. The quantitative estimate of drug-likeness (QED) is 0.762. The third-order valence-corrected chi connectivity index (χ3v) is 6.33. The molecule has 1 fully saturated rings. The number of amides is 1. The molecule has 0 aliphatic carbocycles. The Hall–Kier alpha value is -2.57. The van der Waals surface area contributed by atoms with Crippen LogP contribution in [0.5, 0.6) is 0 Å². The van der Waals surface area contributed by atoms with Crippen molar-refractivity contribution in [1.82, 2.24) is 4.90 Å². The van der Waals surface area contributed by atoms with Crippen molar-refractivity contribution in [2.24, 2.45) is 10.7 Å². The molecule has 0 radical (unpaired) electrons. The molecule has 2 heterocycles. The van der Waals surface area contributed by atoms with Crippen LogP contribution in [0.2, 0.25) is 5.02 Å². The zero-order valence-electron chi connectivity index (χ0n) is 17.3. The first-order chi connectivity index (χ1) is 14.4. The molecule has 30 heavy (non-hydrogen) atoms. The summed E-state index contributed by atoms with van der Waals surface area (Å²) >= 11 is 6.80. The first kappa shape index (κ1) is 20.7. The summed E-state index contributed by atoms with van der Waals surface area (Å²) in [5, 5.41) is 3.95. The van der Waals surface area contributed by atoms with Crippen molar-refractivity contribution < 1.29 is 9.53 Å². The van der Waals surface area contributed by atoms with Gasteiger partial charge in [0.15, 0.2) is 5.96 Å². The van der Waals surface area contributed by atoms with Crippen LogP contribution in [0.4, 0.5) is 11.4 Å². The van der Waals surface area contributed by atoms with Gasteiger partial charge in [0.25, 0.3) is 0 Å². The van der Waals surface area contributed by atoms with Crippen LogP contribution in [-0.2, 0) is 15.1 Å². The van der Waals surface area contributed by atoms with Crippen LogP contribution in [0.1, 0.15) is 37.3 Å². The third-order valence-electron chi connectivity index (χ3n) is 5.92. The molecule has 2 aliphatic rings. The number of nitrogens with two attached hydrogens (primary N) is 1. The molecule has 0 spiro atoms. The molecule has 1 saturated heterocycles. The van der Waals surface area contributed by atoms with Gasteiger partial charge in [-0.15, -0.1) is 0 Å². The molecule has 1 atom stereocenters. The summed E-state index contributed by atoms with van der Waals surface area (Å²) in [6.45, 7) is 5.23. The molecular formula is C23H27ClN4O2. The third kappa shape index (κ3) is 3.89. The average molecular weight is 427 g/mol. The Morgan fingerprint density at radius 3 is 2.57 bits per heavy atom. The van der Waals surface area contributed by atoms with E-state index in [0.717, 1.165) is 35.3 Å². The van der Waals surface area contributed by atoms with E-state index in [4.69, 9.17) is 27.1 Å². The molecule has 1 amide bonds. The van der Waals surface area contributed by atoms with Gasteiger partial charge in [-0.3, -0.25) is 9.69 Å². The highest BCUT2D eigenvalue weighted by atomic mass is 35.5. The van der Waals surface area contributed by atoms with Crippen molar-refractivity contribution in [2.75, 3.05) is 18.5 Å². The summed E-state index contributed by atoms with van der Waals surface area (Å²) in [5.41, 5.74) is 9.14. The highest BCUT2D eigenvalue weighted by Crippen LogP contribution is 2.41. The van der Waals surface area contributed by atoms with E-state index in [1.54, 1.807) is 4.90 Å². The molecule has 0 unspecified atom stereocenters. The Bertz CT molecular complexity index is 987. The monoisotopic (exact) mass is 426 g/mol. The van der Waals surface area contributed by atoms with Crippen LogP contribution < -0.4 is 11.1 Å². The van der Waals surface area contributed by atoms with Crippen molar-refractivity contribution in [3.63, 3.8) is 0 Å². The second-order valence-electron chi connectivity index (χ2n) is 8.13. The summed E-state index contributed by atoms with van der Waals surface area (Å²) in [6, 6.07) is 13.8. The van der Waals surface area contributed by atoms with E-state index >= 15 is 0 Å². The standard InChI is InChI=1S/C23H27ClN4O2/c1-15-6-3-4-8-18(15)26-19-9-5-7-17(21(19)24)23(2)14-20(29)28(22(25)27-23)16-10-12-30-13-11-16/h3-9,16,26H,10-14H2,1-2H3,(H2,25,27)/t23-/m0/s1. The van der Waals surface area contributed by atoms with Gasteiger partial charge in [-0.1, -0.05) is 41.9 Å². The fourth-order valence-electron chi connectivity index (χ4n) is 4.25. The molecule has 3 N–H and O–H groups in total. The van der Waals surface area contributed by atoms with Crippen LogP contribution in [-0.4, -0.2) is 36.0 Å². The minimum absolute atomic E-state index is 0.0229. The summed E-state index contributed by atoms with van der Waals surface area (Å²) in [7, 11) is 0. The predicted octanol–water partition coefficient (Wildman–Crippen LogP) is 4.33. The van der Waals surface area contributed by atoms with Crippen molar-refractivity contribution in [3.8, 4) is 0 Å². The largest absolute Gasteiger partial charge is 0.381 e. The summed E-state index contributed by atoms with van der Waals surface area (Å²) in [6.07, 6.45) is 1.77. The number of nitrogens with one attached hydrogen (secondary N) is 1. The number of benzene rings is 2. The van der Waals surface area contributed by atoms with Crippen molar-refractivity contribution >= 4 is 34.8 Å². The molecular weight excluding hydrogens is 400 g/mol. The Kier molecular flexibility index (Phi) is 5.71. The van der Waals surface area contributed by atoms with Crippen molar-refractivity contribution in [1.29, 1.82) is 0 Å². The van der Waals surface area contributed by atoms with Gasteiger partial charge in [0.2, 0.25) is 5.91 Å². The van der Waals surface area contributed by atoms with Gasteiger partial charge in [-0.2, -0.15) is 0 Å². The van der Waals surface area contributed by atoms with Gasteiger partial charge in [0.05, 0.1) is 22.7 Å². The molecule has 0 aromatic heterocycles. The lowest BCUT2D eigenvalue weighted by molar-refractivity contribution is -0.132. The first-order valence-corrected chi connectivity index (χ1v) is 10.6. The predicted molar refractivity (Wildman–Crippen MR) is 120 cm³/mol. The lowest BCUT2D eigenvalue weighted by Gasteiger charge is -2.40. The van der Waals surface area contributed by atoms with Gasteiger partial charge in [0.1, 0.15) is 0 Å². The van der Waals surface area contributed by atoms with E-state index in [2.05, 4.69) is 5.32 Å². The van der Waals surface area contributed by atoms with Gasteiger partial charge in [-0.25, -0.2) is 4.99 Å². The Morgan fingerprint density at radius 2 is 1.87 bits per heavy atom. The normalized spacial score (nSPS) is 22.7. The van der Waals surface area contributed by atoms with Gasteiger partial charge < -0.3 is 15.8 Å². The number of anilines is 2. The second-order valence-corrected chi connectivity index (χ2v) is 8.51. The maximum atomic E-state index is 13.1. The molecule has 158 valence electrons. The highest BCUT2D eigenvalue weighted by molar-refractivity contribution is 6.34. The number of carbonyl (C=O) groups excluding carboxylic acids is 1. The van der Waals surface area contributed by atoms with E-state index in [0.29, 0.717) is 18.2 Å². The maximum absolute atomic E-state index is 13.1. The number of para-hydroxylation sites is 1. The molecule has 0 saturated carbocycles. The minimum atomic E-state index is -0.816. The molecule has 2 aromatic rings. The van der Waals surface area contributed by atoms with E-state index < -0.39 is 5.54 Å². The molecule has 2 aliphatic heterocycles. The Labute approximate surface area is 182 Å². The smallest absolute Gasteiger partial charge is 0.232 e. The van der Waals surface area contributed by atoms with Crippen LogP contribution in [0.3, 0.4) is 0 Å². The minimum Gasteiger partial charge on any atom is -0.381 e. The number of aryl methyl sites for hydroxylation is 1. The topological polar surface area (TPSA) is 80.0 Å². The molecule has 0 bridgehead atoms. The first-order valence-electron chi connectivity index (χ1n) is 10.3. The van der Waals surface area contributed by atoms with Crippen LogP contribution in [0, 0.1) is 6.92 Å². The fourth-order valence-corrected chi connectivity index (χ4v) is 4.62. The summed E-state index contributed by atoms with van der Waals surface area (Å²) in [5.74, 6) is 0.235. The SMILES string of the molecule is Cc1ccccc1Nc1cccc([C@]2(C)CC(=O)N(C3CCOCC3)C(N)=N2)c1Cl. The van der Waals surface area contributed by atoms with Gasteiger partial charge in [-0.05, 0) is 44.4 Å². The van der Waals surface area contributed by atoms with Crippen LogP contribution in [0.25, 0.3) is 0 Å². The summed E-state index contributed by atoms with van der Waals surface area (Å²) < 4.78 is 5.41.